The fourth-order valence-corrected chi connectivity index (χ4v) is 7.07. The lowest BCUT2D eigenvalue weighted by Crippen LogP contribution is -1.95. The average molecular weight is 599 g/mol. The van der Waals surface area contributed by atoms with Crippen LogP contribution >= 0.6 is 0 Å². The molecule has 0 bridgehead atoms. The van der Waals surface area contributed by atoms with Crippen LogP contribution in [0.15, 0.2) is 170 Å². The molecule has 1 heterocycles. The second-order valence-corrected chi connectivity index (χ2v) is 12.1. The normalized spacial score (nSPS) is 11.7. The van der Waals surface area contributed by atoms with Crippen molar-refractivity contribution in [3.05, 3.63) is 181 Å². The van der Waals surface area contributed by atoms with Crippen molar-refractivity contribution in [2.24, 2.45) is 0 Å². The molecule has 0 atom stereocenters. The Morgan fingerprint density at radius 2 is 0.894 bits per heavy atom. The maximum Gasteiger partial charge on any atom is 0.160 e. The van der Waals surface area contributed by atoms with Gasteiger partial charge in [0.05, 0.1) is 11.2 Å². The van der Waals surface area contributed by atoms with Gasteiger partial charge < -0.3 is 0 Å². The summed E-state index contributed by atoms with van der Waals surface area (Å²) >= 11 is 0. The summed E-state index contributed by atoms with van der Waals surface area (Å²) in [5.74, 6) is 0.737. The third-order valence-corrected chi connectivity index (χ3v) is 9.37. The van der Waals surface area contributed by atoms with Gasteiger partial charge in [-0.3, -0.25) is 0 Å². The van der Waals surface area contributed by atoms with Gasteiger partial charge in [-0.2, -0.15) is 0 Å². The lowest BCUT2D eigenvalue weighted by molar-refractivity contribution is 1.23. The van der Waals surface area contributed by atoms with Crippen LogP contribution in [0.2, 0.25) is 0 Å². The molecule has 0 saturated heterocycles. The minimum Gasteiger partial charge on any atom is -0.228 e. The molecule has 0 fully saturated rings. The topological polar surface area (TPSA) is 25.8 Å². The Bertz CT molecular complexity index is 2400. The Kier molecular flexibility index (Phi) is 6.57. The quantitative estimate of drug-likeness (QED) is 0.197. The Balaban J connectivity index is 1.13. The number of rotatable bonds is 5. The molecule has 220 valence electrons. The fraction of sp³-hybridized carbons (Fsp3) is 0.0222. The lowest BCUT2D eigenvalue weighted by Gasteiger charge is -2.13. The number of aromatic nitrogens is 2. The first kappa shape index (κ1) is 27.2. The van der Waals surface area contributed by atoms with Gasteiger partial charge >= 0.3 is 0 Å². The molecule has 1 aliphatic carbocycles. The fourth-order valence-electron chi connectivity index (χ4n) is 7.07. The van der Waals surface area contributed by atoms with E-state index in [0.717, 1.165) is 40.0 Å². The number of para-hydroxylation sites is 1. The first-order chi connectivity index (χ1) is 23.3. The zero-order valence-electron chi connectivity index (χ0n) is 25.8. The van der Waals surface area contributed by atoms with Crippen molar-refractivity contribution in [3.8, 4) is 67.2 Å². The Morgan fingerprint density at radius 1 is 0.340 bits per heavy atom. The molecule has 0 unspecified atom stereocenters. The van der Waals surface area contributed by atoms with Gasteiger partial charge in [-0.15, -0.1) is 0 Å². The largest absolute Gasteiger partial charge is 0.228 e. The maximum absolute atomic E-state index is 5.09. The van der Waals surface area contributed by atoms with Gasteiger partial charge in [0, 0.05) is 16.5 Å². The van der Waals surface area contributed by atoms with E-state index in [0.29, 0.717) is 0 Å². The van der Waals surface area contributed by atoms with Crippen LogP contribution < -0.4 is 0 Å². The molecule has 0 aliphatic heterocycles. The van der Waals surface area contributed by atoms with Crippen LogP contribution in [-0.2, 0) is 6.42 Å². The summed E-state index contributed by atoms with van der Waals surface area (Å²) in [5.41, 5.74) is 16.9. The molecular weight excluding hydrogens is 569 g/mol. The molecule has 9 rings (SSSR count). The first-order valence-electron chi connectivity index (χ1n) is 16.1. The van der Waals surface area contributed by atoms with E-state index in [1.807, 2.05) is 12.1 Å². The molecule has 0 N–H and O–H groups in total. The number of fused-ring (bicyclic) bond motifs is 4. The smallest absolute Gasteiger partial charge is 0.160 e. The zero-order valence-corrected chi connectivity index (χ0v) is 25.8. The van der Waals surface area contributed by atoms with E-state index in [-0.39, 0.29) is 0 Å². The van der Waals surface area contributed by atoms with E-state index in [1.165, 1.54) is 55.6 Å². The second-order valence-electron chi connectivity index (χ2n) is 12.1. The van der Waals surface area contributed by atoms with E-state index in [4.69, 9.17) is 9.97 Å². The highest BCUT2D eigenvalue weighted by Crippen LogP contribution is 2.47. The van der Waals surface area contributed by atoms with Crippen molar-refractivity contribution in [2.45, 2.75) is 6.42 Å². The number of benzene rings is 7. The van der Waals surface area contributed by atoms with Crippen LogP contribution in [0, 0.1) is 0 Å². The van der Waals surface area contributed by atoms with Crippen molar-refractivity contribution in [2.75, 3.05) is 0 Å². The number of hydrogen-bond donors (Lipinski definition) is 0. The van der Waals surface area contributed by atoms with Gasteiger partial charge in [0.1, 0.15) is 0 Å². The summed E-state index contributed by atoms with van der Waals surface area (Å²) in [5, 5.41) is 1.06. The molecule has 0 spiro atoms. The highest BCUT2D eigenvalue weighted by Gasteiger charge is 2.26. The van der Waals surface area contributed by atoms with Gasteiger partial charge in [0.15, 0.2) is 5.82 Å². The van der Waals surface area contributed by atoms with Crippen LogP contribution in [0.4, 0.5) is 0 Å². The molecule has 2 nitrogen and oxygen atoms in total. The van der Waals surface area contributed by atoms with Crippen molar-refractivity contribution < 1.29 is 0 Å². The molecule has 1 aromatic heterocycles. The Morgan fingerprint density at radius 3 is 1.64 bits per heavy atom. The molecular formula is C45H30N2. The van der Waals surface area contributed by atoms with E-state index >= 15 is 0 Å². The molecule has 7 aromatic carbocycles. The van der Waals surface area contributed by atoms with Crippen LogP contribution in [0.25, 0.3) is 78.1 Å². The first-order valence-corrected chi connectivity index (χ1v) is 16.1. The van der Waals surface area contributed by atoms with Gasteiger partial charge in [-0.25, -0.2) is 9.97 Å². The monoisotopic (exact) mass is 598 g/mol. The van der Waals surface area contributed by atoms with E-state index in [9.17, 15) is 0 Å². The molecule has 0 radical (unpaired) electrons. The minimum absolute atomic E-state index is 0.737. The molecule has 47 heavy (non-hydrogen) atoms. The summed E-state index contributed by atoms with van der Waals surface area (Å²) in [6.07, 6.45) is 0.899. The summed E-state index contributed by atoms with van der Waals surface area (Å²) in [6.45, 7) is 0. The standard InChI is InChI=1S/C45H30N2/c1-4-13-30(14-5-1)35-27-39(31-15-6-2-7-16-31)42-29-41-36(20-12-21-37(41)40(42)28-35)32-23-25-34(26-24-32)45-46-43-22-11-10-19-38(43)44(47-45)33-17-8-3-9-18-33/h1-28H,29H2. The van der Waals surface area contributed by atoms with E-state index in [2.05, 4.69) is 158 Å². The van der Waals surface area contributed by atoms with Crippen LogP contribution in [0.3, 0.4) is 0 Å². The van der Waals surface area contributed by atoms with Gasteiger partial charge in [0.25, 0.3) is 0 Å². The van der Waals surface area contributed by atoms with Crippen LogP contribution in [-0.4, -0.2) is 9.97 Å². The van der Waals surface area contributed by atoms with Gasteiger partial charge in [0.2, 0.25) is 0 Å². The van der Waals surface area contributed by atoms with Gasteiger partial charge in [-0.1, -0.05) is 152 Å². The Labute approximate surface area is 274 Å². The van der Waals surface area contributed by atoms with Crippen molar-refractivity contribution in [1.29, 1.82) is 0 Å². The molecule has 8 aromatic rings. The third kappa shape index (κ3) is 4.83. The highest BCUT2D eigenvalue weighted by atomic mass is 14.9. The summed E-state index contributed by atoms with van der Waals surface area (Å²) in [6, 6.07) is 60.5. The van der Waals surface area contributed by atoms with Crippen molar-refractivity contribution in [1.82, 2.24) is 9.97 Å². The second kappa shape index (κ2) is 11.3. The maximum atomic E-state index is 5.09. The lowest BCUT2D eigenvalue weighted by atomic mass is 9.91. The average Bonchev–Trinajstić information content (AvgIpc) is 3.54. The molecule has 0 amide bonds. The highest BCUT2D eigenvalue weighted by molar-refractivity contribution is 5.95. The third-order valence-electron chi connectivity index (χ3n) is 9.37. The summed E-state index contributed by atoms with van der Waals surface area (Å²) in [4.78, 5) is 10.1. The van der Waals surface area contributed by atoms with Crippen molar-refractivity contribution in [3.63, 3.8) is 0 Å². The Hall–Kier alpha value is -6.12. The number of hydrogen-bond acceptors (Lipinski definition) is 2. The van der Waals surface area contributed by atoms with Crippen LogP contribution in [0.1, 0.15) is 11.1 Å². The predicted octanol–water partition coefficient (Wildman–Crippen LogP) is 11.5. The van der Waals surface area contributed by atoms with E-state index in [1.54, 1.807) is 0 Å². The van der Waals surface area contributed by atoms with Crippen molar-refractivity contribution >= 4 is 10.9 Å². The molecule has 0 saturated carbocycles. The van der Waals surface area contributed by atoms with Gasteiger partial charge in [-0.05, 0) is 80.3 Å². The van der Waals surface area contributed by atoms with Crippen LogP contribution in [0.5, 0.6) is 0 Å². The molecule has 2 heteroatoms. The predicted molar refractivity (Wildman–Crippen MR) is 195 cm³/mol. The molecule has 1 aliphatic rings. The number of nitrogens with zero attached hydrogens (tertiary/aromatic N) is 2. The summed E-state index contributed by atoms with van der Waals surface area (Å²) in [7, 11) is 0. The van der Waals surface area contributed by atoms with E-state index < -0.39 is 0 Å². The SMILES string of the molecule is c1ccc(-c2cc(-c3ccccc3)c3c(c2)-c2cccc(-c4ccc(-c5nc(-c6ccccc6)c6ccccc6n5)cc4)c2C3)cc1. The zero-order chi connectivity index (χ0) is 31.2. The minimum atomic E-state index is 0.737. The summed E-state index contributed by atoms with van der Waals surface area (Å²) < 4.78 is 0.